The molecule has 27 heavy (non-hydrogen) atoms. The molecule has 1 atom stereocenters. The SMILES string of the molecule is C[C@H](CC(=O)CCCOCCOCCOCCC(=O)OC(C)(C)C)C(=O)O. The number of carbonyl (C=O) groups excluding carboxylic acids is 2. The zero-order valence-corrected chi connectivity index (χ0v) is 17.0. The molecule has 158 valence electrons. The Morgan fingerprint density at radius 3 is 1.89 bits per heavy atom. The van der Waals surface area contributed by atoms with Gasteiger partial charge in [0.25, 0.3) is 0 Å². The van der Waals surface area contributed by atoms with Gasteiger partial charge in [0.05, 0.1) is 45.4 Å². The van der Waals surface area contributed by atoms with Crippen LogP contribution in [0.2, 0.25) is 0 Å². The van der Waals surface area contributed by atoms with Gasteiger partial charge in [-0.3, -0.25) is 14.4 Å². The summed E-state index contributed by atoms with van der Waals surface area (Å²) in [6.45, 7) is 9.33. The minimum atomic E-state index is -0.953. The Morgan fingerprint density at radius 2 is 1.37 bits per heavy atom. The van der Waals surface area contributed by atoms with Crippen molar-refractivity contribution in [3.63, 3.8) is 0 Å². The van der Waals surface area contributed by atoms with Crippen molar-refractivity contribution in [3.8, 4) is 0 Å². The van der Waals surface area contributed by atoms with E-state index in [0.29, 0.717) is 52.5 Å². The molecule has 0 aromatic rings. The molecular weight excluding hydrogens is 356 g/mol. The summed E-state index contributed by atoms with van der Waals surface area (Å²) in [6.07, 6.45) is 1.17. The summed E-state index contributed by atoms with van der Waals surface area (Å²) in [4.78, 5) is 33.6. The lowest BCUT2D eigenvalue weighted by atomic mass is 10.0. The predicted octanol–water partition coefficient (Wildman–Crippen LogP) is 2.23. The van der Waals surface area contributed by atoms with Crippen molar-refractivity contribution in [2.75, 3.05) is 39.6 Å². The maximum absolute atomic E-state index is 11.5. The monoisotopic (exact) mass is 390 g/mol. The van der Waals surface area contributed by atoms with Gasteiger partial charge in [-0.1, -0.05) is 6.92 Å². The van der Waals surface area contributed by atoms with Crippen LogP contribution >= 0.6 is 0 Å². The lowest BCUT2D eigenvalue weighted by Crippen LogP contribution is -2.24. The number of esters is 1. The first-order chi connectivity index (χ1) is 12.6. The van der Waals surface area contributed by atoms with Gasteiger partial charge in [0, 0.05) is 19.4 Å². The largest absolute Gasteiger partial charge is 0.481 e. The van der Waals surface area contributed by atoms with Crippen LogP contribution in [0.4, 0.5) is 0 Å². The zero-order valence-electron chi connectivity index (χ0n) is 17.0. The van der Waals surface area contributed by atoms with E-state index in [0.717, 1.165) is 0 Å². The molecule has 0 heterocycles. The first-order valence-corrected chi connectivity index (χ1v) is 9.31. The molecule has 0 fully saturated rings. The highest BCUT2D eigenvalue weighted by Gasteiger charge is 2.16. The molecule has 0 aliphatic carbocycles. The first kappa shape index (κ1) is 25.5. The maximum Gasteiger partial charge on any atom is 0.308 e. The van der Waals surface area contributed by atoms with Crippen LogP contribution < -0.4 is 0 Å². The number of carbonyl (C=O) groups is 3. The molecule has 0 spiro atoms. The number of ether oxygens (including phenoxy) is 4. The van der Waals surface area contributed by atoms with Crippen molar-refractivity contribution in [1.82, 2.24) is 0 Å². The molecule has 0 radical (unpaired) electrons. The Hall–Kier alpha value is -1.51. The van der Waals surface area contributed by atoms with E-state index in [2.05, 4.69) is 0 Å². The van der Waals surface area contributed by atoms with Crippen molar-refractivity contribution in [1.29, 1.82) is 0 Å². The van der Waals surface area contributed by atoms with Crippen molar-refractivity contribution in [3.05, 3.63) is 0 Å². The number of hydrogen-bond donors (Lipinski definition) is 1. The Balaban J connectivity index is 3.35. The number of ketones is 1. The van der Waals surface area contributed by atoms with Gasteiger partial charge in [0.15, 0.2) is 0 Å². The third kappa shape index (κ3) is 17.7. The number of carboxylic acid groups (broad SMARTS) is 1. The van der Waals surface area contributed by atoms with Gasteiger partial charge in [0.1, 0.15) is 11.4 Å². The average Bonchev–Trinajstić information content (AvgIpc) is 2.54. The summed E-state index contributed by atoms with van der Waals surface area (Å²) < 4.78 is 21.1. The van der Waals surface area contributed by atoms with E-state index in [9.17, 15) is 14.4 Å². The number of rotatable bonds is 16. The average molecular weight is 390 g/mol. The molecule has 0 saturated heterocycles. The molecular formula is C19H34O8. The molecule has 0 aromatic heterocycles. The van der Waals surface area contributed by atoms with E-state index in [1.807, 2.05) is 20.8 Å². The Kier molecular flexibility index (Phi) is 13.7. The van der Waals surface area contributed by atoms with Crippen molar-refractivity contribution < 1.29 is 38.4 Å². The number of aliphatic carboxylic acids is 1. The van der Waals surface area contributed by atoms with E-state index in [1.54, 1.807) is 0 Å². The van der Waals surface area contributed by atoms with Crippen LogP contribution in [-0.2, 0) is 33.3 Å². The van der Waals surface area contributed by atoms with Crippen molar-refractivity contribution in [2.45, 2.75) is 59.0 Å². The molecule has 0 bridgehead atoms. The van der Waals surface area contributed by atoms with Crippen LogP contribution in [0, 0.1) is 5.92 Å². The minimum Gasteiger partial charge on any atom is -0.481 e. The van der Waals surface area contributed by atoms with Gasteiger partial charge in [-0.25, -0.2) is 0 Å². The normalized spacial score (nSPS) is 12.6. The third-order valence-corrected chi connectivity index (χ3v) is 3.31. The Labute approximate surface area is 161 Å². The van der Waals surface area contributed by atoms with Crippen LogP contribution in [-0.4, -0.2) is 68.1 Å². The molecule has 0 aliphatic heterocycles. The summed E-state index contributed by atoms with van der Waals surface area (Å²) >= 11 is 0. The molecule has 0 aromatic carbocycles. The third-order valence-electron chi connectivity index (χ3n) is 3.31. The molecule has 0 rings (SSSR count). The minimum absolute atomic E-state index is 0.0618. The van der Waals surface area contributed by atoms with Crippen LogP contribution in [0.15, 0.2) is 0 Å². The maximum atomic E-state index is 11.5. The lowest BCUT2D eigenvalue weighted by Gasteiger charge is -2.19. The van der Waals surface area contributed by atoms with Gasteiger partial charge >= 0.3 is 11.9 Å². The second-order valence-corrected chi connectivity index (χ2v) is 7.26. The van der Waals surface area contributed by atoms with E-state index < -0.39 is 17.5 Å². The van der Waals surface area contributed by atoms with Crippen molar-refractivity contribution in [2.24, 2.45) is 5.92 Å². The van der Waals surface area contributed by atoms with Crippen LogP contribution in [0.5, 0.6) is 0 Å². The topological polar surface area (TPSA) is 108 Å². The summed E-state index contributed by atoms with van der Waals surface area (Å²) in [5.74, 6) is -1.94. The van der Waals surface area contributed by atoms with Crippen LogP contribution in [0.25, 0.3) is 0 Å². The highest BCUT2D eigenvalue weighted by atomic mass is 16.6. The quantitative estimate of drug-likeness (QED) is 0.316. The fraction of sp³-hybridized carbons (Fsp3) is 0.842. The second-order valence-electron chi connectivity index (χ2n) is 7.26. The molecule has 8 heteroatoms. The van der Waals surface area contributed by atoms with Gasteiger partial charge in [-0.05, 0) is 27.2 Å². The van der Waals surface area contributed by atoms with Crippen LogP contribution in [0.3, 0.4) is 0 Å². The highest BCUT2D eigenvalue weighted by molar-refractivity contribution is 5.83. The van der Waals surface area contributed by atoms with E-state index in [1.165, 1.54) is 6.92 Å². The van der Waals surface area contributed by atoms with Gasteiger partial charge < -0.3 is 24.1 Å². The Bertz CT molecular complexity index is 441. The number of hydrogen-bond acceptors (Lipinski definition) is 7. The first-order valence-electron chi connectivity index (χ1n) is 9.31. The van der Waals surface area contributed by atoms with E-state index in [4.69, 9.17) is 24.1 Å². The van der Waals surface area contributed by atoms with Gasteiger partial charge in [0.2, 0.25) is 0 Å². The summed E-state index contributed by atoms with van der Waals surface area (Å²) in [7, 11) is 0. The zero-order chi connectivity index (χ0) is 20.7. The van der Waals surface area contributed by atoms with Crippen LogP contribution in [0.1, 0.15) is 53.4 Å². The van der Waals surface area contributed by atoms with Gasteiger partial charge in [-0.2, -0.15) is 0 Å². The summed E-state index contributed by atoms with van der Waals surface area (Å²) in [6, 6.07) is 0. The molecule has 0 aliphatic rings. The summed E-state index contributed by atoms with van der Waals surface area (Å²) in [5.41, 5.74) is -0.482. The standard InChI is InChI=1S/C19H34O8/c1-15(18(22)23)14-16(20)6-5-8-24-10-12-26-13-11-25-9-7-17(21)27-19(2,3)4/h15H,5-14H2,1-4H3,(H,22,23)/t15-/m1/s1. The molecule has 0 unspecified atom stereocenters. The second kappa shape index (κ2) is 14.5. The van der Waals surface area contributed by atoms with E-state index in [-0.39, 0.29) is 24.6 Å². The van der Waals surface area contributed by atoms with Crippen molar-refractivity contribution >= 4 is 17.7 Å². The molecule has 0 saturated carbocycles. The van der Waals surface area contributed by atoms with Gasteiger partial charge in [-0.15, -0.1) is 0 Å². The number of Topliss-reactive ketones (excluding diaryl/α,β-unsaturated/α-hetero) is 1. The Morgan fingerprint density at radius 1 is 0.852 bits per heavy atom. The molecule has 8 nitrogen and oxygen atoms in total. The summed E-state index contributed by atoms with van der Waals surface area (Å²) in [5, 5.41) is 8.74. The lowest BCUT2D eigenvalue weighted by molar-refractivity contribution is -0.156. The number of carboxylic acids is 1. The molecule has 0 amide bonds. The fourth-order valence-corrected chi connectivity index (χ4v) is 1.99. The predicted molar refractivity (Wildman–Crippen MR) is 98.6 cm³/mol. The molecule has 1 N–H and O–H groups in total. The fourth-order valence-electron chi connectivity index (χ4n) is 1.99. The highest BCUT2D eigenvalue weighted by Crippen LogP contribution is 2.08. The van der Waals surface area contributed by atoms with E-state index >= 15 is 0 Å². The smallest absolute Gasteiger partial charge is 0.308 e.